The monoisotopic (exact) mass is 301 g/mol. The molecule has 5 nitrogen and oxygen atoms in total. The van der Waals surface area contributed by atoms with Gasteiger partial charge < -0.3 is 20.7 Å². The molecule has 110 valence electrons. The average Bonchev–Trinajstić information content (AvgIpc) is 2.42. The zero-order valence-corrected chi connectivity index (χ0v) is 14.4. The van der Waals surface area contributed by atoms with Crippen molar-refractivity contribution in [2.75, 3.05) is 6.54 Å². The molecule has 1 unspecified atom stereocenters. The van der Waals surface area contributed by atoms with E-state index in [-0.39, 0.29) is 47.3 Å². The van der Waals surface area contributed by atoms with Crippen LogP contribution in [0.25, 0.3) is 0 Å². The summed E-state index contributed by atoms with van der Waals surface area (Å²) in [6.45, 7) is 0.612. The van der Waals surface area contributed by atoms with E-state index in [9.17, 15) is 19.8 Å². The normalized spacial score (nSPS) is 11.5. The first-order valence-electron chi connectivity index (χ1n) is 6.81. The second kappa shape index (κ2) is 10.8. The van der Waals surface area contributed by atoms with E-state index < -0.39 is 17.7 Å². The van der Waals surface area contributed by atoms with Crippen LogP contribution in [-0.4, -0.2) is 23.4 Å². The van der Waals surface area contributed by atoms with Crippen LogP contribution in [0, 0.1) is 5.92 Å². The number of benzene rings is 1. The van der Waals surface area contributed by atoms with Crippen molar-refractivity contribution in [3.63, 3.8) is 0 Å². The van der Waals surface area contributed by atoms with E-state index in [1.807, 2.05) is 0 Å². The number of Topliss-reactive ketones (excluding diaryl/α,β-unsaturated/α-hetero) is 1. The van der Waals surface area contributed by atoms with Crippen molar-refractivity contribution >= 4 is 11.8 Å². The minimum atomic E-state index is -1.39. The zero-order chi connectivity index (χ0) is 15.0. The molecule has 0 fully saturated rings. The SMILES string of the molecule is NCCCCCCC(C(=O)[O-])C(=O)c1ccccc1O.[Na+]. The predicted octanol–water partition coefficient (Wildman–Crippen LogP) is -2.15. The molecule has 0 radical (unpaired) electrons. The van der Waals surface area contributed by atoms with Gasteiger partial charge >= 0.3 is 29.6 Å². The van der Waals surface area contributed by atoms with Gasteiger partial charge in [0, 0.05) is 0 Å². The molecule has 0 amide bonds. The molecule has 0 aliphatic rings. The number of phenols is 1. The molecule has 1 atom stereocenters. The Morgan fingerprint density at radius 1 is 1.14 bits per heavy atom. The van der Waals surface area contributed by atoms with E-state index >= 15 is 0 Å². The zero-order valence-electron chi connectivity index (χ0n) is 12.4. The van der Waals surface area contributed by atoms with Gasteiger partial charge in [0.2, 0.25) is 0 Å². The summed E-state index contributed by atoms with van der Waals surface area (Å²) in [5.41, 5.74) is 5.40. The number of carbonyl (C=O) groups excluding carboxylic acids is 2. The van der Waals surface area contributed by atoms with Gasteiger partial charge in [-0.1, -0.05) is 31.4 Å². The molecule has 0 saturated heterocycles. The largest absolute Gasteiger partial charge is 1.00 e. The van der Waals surface area contributed by atoms with Gasteiger partial charge in [0.25, 0.3) is 0 Å². The first-order valence-corrected chi connectivity index (χ1v) is 6.81. The number of nitrogens with two attached hydrogens (primary N) is 1. The second-order valence-electron chi connectivity index (χ2n) is 4.74. The van der Waals surface area contributed by atoms with Gasteiger partial charge in [0.15, 0.2) is 5.78 Å². The molecule has 1 aromatic rings. The number of rotatable bonds is 9. The number of hydrogen-bond acceptors (Lipinski definition) is 5. The third kappa shape index (κ3) is 6.61. The Kier molecular flexibility index (Phi) is 10.3. The van der Waals surface area contributed by atoms with Crippen LogP contribution in [-0.2, 0) is 4.79 Å². The van der Waals surface area contributed by atoms with Gasteiger partial charge in [-0.15, -0.1) is 0 Å². The molecular weight excluding hydrogens is 281 g/mol. The van der Waals surface area contributed by atoms with E-state index in [1.165, 1.54) is 12.1 Å². The van der Waals surface area contributed by atoms with Crippen LogP contribution in [0.4, 0.5) is 0 Å². The number of unbranched alkanes of at least 4 members (excludes halogenated alkanes) is 3. The van der Waals surface area contributed by atoms with Crippen LogP contribution in [0.3, 0.4) is 0 Å². The van der Waals surface area contributed by atoms with Gasteiger partial charge in [0.1, 0.15) is 5.75 Å². The van der Waals surface area contributed by atoms with Crippen LogP contribution >= 0.6 is 0 Å². The molecule has 1 aromatic carbocycles. The fourth-order valence-electron chi connectivity index (χ4n) is 2.07. The van der Waals surface area contributed by atoms with Gasteiger partial charge in [-0.05, 0) is 31.5 Å². The van der Waals surface area contributed by atoms with E-state index in [2.05, 4.69) is 0 Å². The first-order chi connectivity index (χ1) is 9.57. The molecule has 0 aliphatic heterocycles. The van der Waals surface area contributed by atoms with Crippen molar-refractivity contribution in [2.24, 2.45) is 11.7 Å². The maximum Gasteiger partial charge on any atom is 1.00 e. The number of ketones is 1. The molecule has 0 aromatic heterocycles. The molecule has 0 heterocycles. The van der Waals surface area contributed by atoms with Crippen LogP contribution in [0.5, 0.6) is 5.75 Å². The van der Waals surface area contributed by atoms with Gasteiger partial charge in [0.05, 0.1) is 17.5 Å². The first kappa shape index (κ1) is 20.1. The van der Waals surface area contributed by atoms with Crippen molar-refractivity contribution < 1.29 is 49.4 Å². The molecule has 21 heavy (non-hydrogen) atoms. The van der Waals surface area contributed by atoms with Gasteiger partial charge in [-0.2, -0.15) is 0 Å². The Labute approximate surface area is 146 Å². The maximum atomic E-state index is 12.1. The molecule has 0 spiro atoms. The summed E-state index contributed by atoms with van der Waals surface area (Å²) in [4.78, 5) is 23.2. The molecule has 0 bridgehead atoms. The second-order valence-corrected chi connectivity index (χ2v) is 4.74. The number of carboxylic acids is 1. The fourth-order valence-corrected chi connectivity index (χ4v) is 2.07. The summed E-state index contributed by atoms with van der Waals surface area (Å²) in [6.07, 6.45) is 3.48. The standard InChI is InChI=1S/C15H21NO4.Na/c16-10-6-2-1-3-8-12(15(19)20)14(18)11-7-4-5-9-13(11)17;/h4-5,7,9,12,17H,1-3,6,8,10,16H2,(H,19,20);/q;+1/p-1. The number of phenolic OH excluding ortho intramolecular Hbond substituents is 1. The van der Waals surface area contributed by atoms with Crippen molar-refractivity contribution in [1.29, 1.82) is 0 Å². The number of aromatic hydroxyl groups is 1. The molecule has 1 rings (SSSR count). The van der Waals surface area contributed by atoms with Crippen LogP contribution < -0.4 is 40.4 Å². The van der Waals surface area contributed by atoms with Crippen LogP contribution in [0.1, 0.15) is 42.5 Å². The van der Waals surface area contributed by atoms with E-state index in [0.717, 1.165) is 19.3 Å². The summed E-state index contributed by atoms with van der Waals surface area (Å²) in [5, 5.41) is 20.7. The average molecular weight is 301 g/mol. The minimum Gasteiger partial charge on any atom is -0.549 e. The predicted molar refractivity (Wildman–Crippen MR) is 73.1 cm³/mol. The smallest absolute Gasteiger partial charge is 0.549 e. The van der Waals surface area contributed by atoms with Crippen molar-refractivity contribution in [3.8, 4) is 5.75 Å². The van der Waals surface area contributed by atoms with Gasteiger partial charge in [-0.25, -0.2) is 0 Å². The summed E-state index contributed by atoms with van der Waals surface area (Å²) in [7, 11) is 0. The van der Waals surface area contributed by atoms with Crippen molar-refractivity contribution in [2.45, 2.75) is 32.1 Å². The van der Waals surface area contributed by atoms with Crippen molar-refractivity contribution in [1.82, 2.24) is 0 Å². The number of para-hydroxylation sites is 1. The third-order valence-electron chi connectivity index (χ3n) is 3.22. The third-order valence-corrected chi connectivity index (χ3v) is 3.22. The number of carbonyl (C=O) groups is 2. The number of hydrogen-bond donors (Lipinski definition) is 2. The molecule has 6 heteroatoms. The summed E-state index contributed by atoms with van der Waals surface area (Å²) < 4.78 is 0. The summed E-state index contributed by atoms with van der Waals surface area (Å²) in [6, 6.07) is 5.94. The van der Waals surface area contributed by atoms with E-state index in [4.69, 9.17) is 5.73 Å². The molecule has 3 N–H and O–H groups in total. The van der Waals surface area contributed by atoms with E-state index in [0.29, 0.717) is 13.0 Å². The minimum absolute atomic E-state index is 0. The Morgan fingerprint density at radius 2 is 1.76 bits per heavy atom. The molecular formula is C15H20NNaO4. The Morgan fingerprint density at radius 3 is 2.33 bits per heavy atom. The number of aliphatic carboxylic acids is 1. The topological polar surface area (TPSA) is 103 Å². The quantitative estimate of drug-likeness (QED) is 0.234. The van der Waals surface area contributed by atoms with Gasteiger partial charge in [-0.3, -0.25) is 4.79 Å². The molecule has 0 aliphatic carbocycles. The number of carboxylic acid groups (broad SMARTS) is 1. The Balaban J connectivity index is 0.00000400. The molecule has 0 saturated carbocycles. The fraction of sp³-hybridized carbons (Fsp3) is 0.467. The Bertz CT molecular complexity index is 465. The summed E-state index contributed by atoms with van der Waals surface area (Å²) >= 11 is 0. The van der Waals surface area contributed by atoms with Crippen LogP contribution in [0.15, 0.2) is 24.3 Å². The summed E-state index contributed by atoms with van der Waals surface area (Å²) in [5.74, 6) is -3.40. The van der Waals surface area contributed by atoms with Crippen molar-refractivity contribution in [3.05, 3.63) is 29.8 Å². The maximum absolute atomic E-state index is 12.1. The van der Waals surface area contributed by atoms with E-state index in [1.54, 1.807) is 12.1 Å². The Hall–Kier alpha value is -0.880. The van der Waals surface area contributed by atoms with Crippen LogP contribution in [0.2, 0.25) is 0 Å².